The molecule has 0 aliphatic heterocycles. The van der Waals surface area contributed by atoms with Gasteiger partial charge in [-0.25, -0.2) is 4.98 Å². The molecule has 3 heteroatoms. The first kappa shape index (κ1) is 24.5. The molecule has 0 spiro atoms. The van der Waals surface area contributed by atoms with Crippen molar-refractivity contribution in [2.24, 2.45) is 9.98 Å². The molecule has 0 unspecified atom stereocenters. The van der Waals surface area contributed by atoms with E-state index in [-0.39, 0.29) is 0 Å². The smallest absolute Gasteiger partial charge is 0.0845 e. The average Bonchev–Trinajstić information content (AvgIpc) is 2.72. The molecular weight excluding hydrogens is 342 g/mol. The highest BCUT2D eigenvalue weighted by Gasteiger charge is 2.04. The van der Waals surface area contributed by atoms with Crippen LogP contribution >= 0.6 is 0 Å². The van der Waals surface area contributed by atoms with E-state index in [1.807, 2.05) is 0 Å². The van der Waals surface area contributed by atoms with Crippen molar-refractivity contribution in [3.05, 3.63) is 29.6 Å². The summed E-state index contributed by atoms with van der Waals surface area (Å²) in [7, 11) is 0. The van der Waals surface area contributed by atoms with Gasteiger partial charge in [-0.1, -0.05) is 84.1 Å². The number of pyridine rings is 1. The molecule has 0 saturated heterocycles. The van der Waals surface area contributed by atoms with Crippen molar-refractivity contribution in [3.8, 4) is 0 Å². The van der Waals surface area contributed by atoms with Gasteiger partial charge in [-0.05, 0) is 38.8 Å². The predicted molar refractivity (Wildman–Crippen MR) is 125 cm³/mol. The fourth-order valence-corrected chi connectivity index (χ4v) is 3.28. The van der Waals surface area contributed by atoms with Gasteiger partial charge in [0.15, 0.2) is 0 Å². The average molecular weight is 386 g/mol. The molecule has 1 heterocycles. The van der Waals surface area contributed by atoms with Gasteiger partial charge in [-0.3, -0.25) is 9.98 Å². The van der Waals surface area contributed by atoms with E-state index >= 15 is 0 Å². The summed E-state index contributed by atoms with van der Waals surface area (Å²) in [5.74, 6) is 0. The standard InChI is InChI=1S/C25H43N3/c1-5-7-9-11-13-15-20-26-22(3)24-18-17-19-25(28-24)23(4)27-21-16-14-12-10-8-6-2/h17-19H,5-16,20-21H2,1-4H3/b26-22+,27-23+. The van der Waals surface area contributed by atoms with E-state index in [1.165, 1.54) is 77.0 Å². The highest BCUT2D eigenvalue weighted by molar-refractivity contribution is 6.00. The van der Waals surface area contributed by atoms with Crippen LogP contribution in [0.1, 0.15) is 116 Å². The molecule has 1 aromatic rings. The minimum absolute atomic E-state index is 0.912. The number of aliphatic imine (C=N–C) groups is 2. The number of hydrogen-bond acceptors (Lipinski definition) is 3. The lowest BCUT2D eigenvalue weighted by molar-refractivity contribution is 0.612. The van der Waals surface area contributed by atoms with Gasteiger partial charge in [0.1, 0.15) is 0 Å². The van der Waals surface area contributed by atoms with Crippen LogP contribution in [0.25, 0.3) is 0 Å². The van der Waals surface area contributed by atoms with E-state index < -0.39 is 0 Å². The summed E-state index contributed by atoms with van der Waals surface area (Å²) < 4.78 is 0. The van der Waals surface area contributed by atoms with E-state index in [0.717, 1.165) is 35.9 Å². The highest BCUT2D eigenvalue weighted by Crippen LogP contribution is 2.08. The van der Waals surface area contributed by atoms with Gasteiger partial charge in [0.25, 0.3) is 0 Å². The van der Waals surface area contributed by atoms with Crippen LogP contribution in [0.15, 0.2) is 28.2 Å². The third-order valence-electron chi connectivity index (χ3n) is 5.21. The lowest BCUT2D eigenvalue weighted by Crippen LogP contribution is -2.06. The number of aromatic nitrogens is 1. The second kappa shape index (κ2) is 16.4. The maximum absolute atomic E-state index is 4.79. The third kappa shape index (κ3) is 11.4. The lowest BCUT2D eigenvalue weighted by Gasteiger charge is -2.05. The molecule has 0 aromatic carbocycles. The largest absolute Gasteiger partial charge is 0.288 e. The Hall–Kier alpha value is -1.51. The molecule has 0 radical (unpaired) electrons. The summed E-state index contributed by atoms with van der Waals surface area (Å²) in [6.45, 7) is 10.5. The van der Waals surface area contributed by atoms with Crippen molar-refractivity contribution in [2.75, 3.05) is 13.1 Å². The molecule has 0 bridgehead atoms. The number of rotatable bonds is 16. The molecule has 1 aromatic heterocycles. The molecule has 0 saturated carbocycles. The number of hydrogen-bond donors (Lipinski definition) is 0. The fourth-order valence-electron chi connectivity index (χ4n) is 3.28. The zero-order valence-electron chi connectivity index (χ0n) is 19.0. The Morgan fingerprint density at radius 3 is 1.46 bits per heavy atom. The summed E-state index contributed by atoms with van der Waals surface area (Å²) in [6, 6.07) is 6.19. The second-order valence-corrected chi connectivity index (χ2v) is 7.88. The van der Waals surface area contributed by atoms with Crippen LogP contribution < -0.4 is 0 Å². The van der Waals surface area contributed by atoms with Gasteiger partial charge in [0, 0.05) is 13.1 Å². The first-order chi connectivity index (χ1) is 13.7. The van der Waals surface area contributed by atoms with Crippen molar-refractivity contribution >= 4 is 11.4 Å². The van der Waals surface area contributed by atoms with E-state index in [9.17, 15) is 0 Å². The lowest BCUT2D eigenvalue weighted by atomic mass is 10.1. The second-order valence-electron chi connectivity index (χ2n) is 7.88. The van der Waals surface area contributed by atoms with Gasteiger partial charge in [0.2, 0.25) is 0 Å². The van der Waals surface area contributed by atoms with E-state index in [2.05, 4.69) is 45.9 Å². The predicted octanol–water partition coefficient (Wildman–Crippen LogP) is 7.42. The number of unbranched alkanes of at least 4 members (excludes halogenated alkanes) is 10. The maximum atomic E-state index is 4.79. The zero-order chi connectivity index (χ0) is 20.5. The van der Waals surface area contributed by atoms with Gasteiger partial charge in [-0.2, -0.15) is 0 Å². The molecule has 0 amide bonds. The summed E-state index contributed by atoms with van der Waals surface area (Å²) in [4.78, 5) is 14.3. The van der Waals surface area contributed by atoms with Crippen LogP contribution in [-0.4, -0.2) is 29.5 Å². The molecule has 0 N–H and O–H groups in total. The summed E-state index contributed by atoms with van der Waals surface area (Å²) in [5.41, 5.74) is 4.05. The Morgan fingerprint density at radius 2 is 1.04 bits per heavy atom. The molecule has 3 nitrogen and oxygen atoms in total. The first-order valence-electron chi connectivity index (χ1n) is 11.7. The van der Waals surface area contributed by atoms with Crippen LogP contribution in [0.4, 0.5) is 0 Å². The first-order valence-corrected chi connectivity index (χ1v) is 11.7. The van der Waals surface area contributed by atoms with E-state index in [1.54, 1.807) is 0 Å². The minimum atomic E-state index is 0.912. The van der Waals surface area contributed by atoms with Crippen molar-refractivity contribution < 1.29 is 0 Å². The van der Waals surface area contributed by atoms with E-state index in [0.29, 0.717) is 0 Å². The van der Waals surface area contributed by atoms with Crippen LogP contribution in [0.3, 0.4) is 0 Å². The molecular formula is C25H43N3. The van der Waals surface area contributed by atoms with Gasteiger partial charge in [0.05, 0.1) is 22.8 Å². The quantitative estimate of drug-likeness (QED) is 0.215. The Labute approximate surface area is 174 Å². The van der Waals surface area contributed by atoms with Crippen LogP contribution in [0, 0.1) is 0 Å². The van der Waals surface area contributed by atoms with Crippen LogP contribution in [0.5, 0.6) is 0 Å². The fraction of sp³-hybridized carbons (Fsp3) is 0.720. The van der Waals surface area contributed by atoms with E-state index in [4.69, 9.17) is 15.0 Å². The molecule has 0 atom stereocenters. The van der Waals surface area contributed by atoms with Crippen molar-refractivity contribution in [1.82, 2.24) is 4.98 Å². The molecule has 0 fully saturated rings. The van der Waals surface area contributed by atoms with Crippen molar-refractivity contribution in [3.63, 3.8) is 0 Å². The summed E-state index contributed by atoms with van der Waals surface area (Å²) in [5, 5.41) is 0. The zero-order valence-corrected chi connectivity index (χ0v) is 19.0. The Bertz CT molecular complexity index is 528. The molecule has 28 heavy (non-hydrogen) atoms. The highest BCUT2D eigenvalue weighted by atomic mass is 14.8. The summed E-state index contributed by atoms with van der Waals surface area (Å²) >= 11 is 0. The Balaban J connectivity index is 2.42. The third-order valence-corrected chi connectivity index (χ3v) is 5.21. The van der Waals surface area contributed by atoms with Crippen molar-refractivity contribution in [2.45, 2.75) is 105 Å². The van der Waals surface area contributed by atoms with Gasteiger partial charge in [-0.15, -0.1) is 0 Å². The molecule has 158 valence electrons. The Morgan fingerprint density at radius 1 is 0.643 bits per heavy atom. The normalized spacial score (nSPS) is 12.6. The topological polar surface area (TPSA) is 37.6 Å². The molecule has 0 aliphatic rings. The van der Waals surface area contributed by atoms with Crippen molar-refractivity contribution in [1.29, 1.82) is 0 Å². The maximum Gasteiger partial charge on any atom is 0.0845 e. The Kier molecular flexibility index (Phi) is 14.4. The van der Waals surface area contributed by atoms with Gasteiger partial charge < -0.3 is 0 Å². The monoisotopic (exact) mass is 385 g/mol. The van der Waals surface area contributed by atoms with Crippen LogP contribution in [0.2, 0.25) is 0 Å². The number of nitrogens with zero attached hydrogens (tertiary/aromatic N) is 3. The molecule has 0 aliphatic carbocycles. The van der Waals surface area contributed by atoms with Crippen LogP contribution in [-0.2, 0) is 0 Å². The SMILES string of the molecule is CCCCCCCC/N=C(\C)c1cccc(/C(C)=N/CCCCCCCC)n1. The molecule has 1 rings (SSSR count). The van der Waals surface area contributed by atoms with Gasteiger partial charge >= 0.3 is 0 Å². The summed E-state index contributed by atoms with van der Waals surface area (Å²) in [6.07, 6.45) is 15.7. The minimum Gasteiger partial charge on any atom is -0.288 e.